The standard InChI is InChI=1S/C27H31FN2O3/c1-26(2,3)24-14-18-13-21(20(28)16-22(18)30(24)10-4-11-31)29-25(32)27(8-9-27)19-6-5-17-7-12-33-23(17)15-19/h5-6,13-16,31H,4,7-12H2,1-3H3,(H,29,32). The SMILES string of the molecule is CC(C)(C)c1cc2cc(NC(=O)C3(c4ccc5c(c4)OCC5)CC3)c(F)cc2n1CCCO. The number of aromatic nitrogens is 1. The Bertz CT molecular complexity index is 1230. The van der Waals surface area contributed by atoms with E-state index in [0.717, 1.165) is 47.2 Å². The zero-order valence-corrected chi connectivity index (χ0v) is 19.5. The first-order valence-electron chi connectivity index (χ1n) is 11.7. The lowest BCUT2D eigenvalue weighted by Crippen LogP contribution is -2.28. The number of aliphatic hydroxyl groups excluding tert-OH is 1. The number of fused-ring (bicyclic) bond motifs is 2. The lowest BCUT2D eigenvalue weighted by atomic mass is 9.92. The lowest BCUT2D eigenvalue weighted by molar-refractivity contribution is -0.118. The molecule has 2 N–H and O–H groups in total. The summed E-state index contributed by atoms with van der Waals surface area (Å²) in [4.78, 5) is 13.3. The number of hydrogen-bond donors (Lipinski definition) is 2. The van der Waals surface area contributed by atoms with Gasteiger partial charge in [0.15, 0.2) is 0 Å². The molecule has 0 bridgehead atoms. The summed E-state index contributed by atoms with van der Waals surface area (Å²) < 4.78 is 22.9. The maximum absolute atomic E-state index is 15.2. The van der Waals surface area contributed by atoms with Gasteiger partial charge in [0.05, 0.1) is 23.2 Å². The quantitative estimate of drug-likeness (QED) is 0.551. The van der Waals surface area contributed by atoms with E-state index in [1.54, 1.807) is 6.07 Å². The molecule has 2 heterocycles. The Morgan fingerprint density at radius 1 is 1.21 bits per heavy atom. The fourth-order valence-corrected chi connectivity index (χ4v) is 4.95. The van der Waals surface area contributed by atoms with Crippen molar-refractivity contribution in [2.24, 2.45) is 0 Å². The fourth-order valence-electron chi connectivity index (χ4n) is 4.95. The average molecular weight is 451 g/mol. The first kappa shape index (κ1) is 22.0. The zero-order chi connectivity index (χ0) is 23.4. The van der Waals surface area contributed by atoms with Crippen LogP contribution in [-0.4, -0.2) is 28.8 Å². The van der Waals surface area contributed by atoms with Gasteiger partial charge in [0.2, 0.25) is 5.91 Å². The van der Waals surface area contributed by atoms with Crippen molar-refractivity contribution in [2.45, 2.75) is 63.8 Å². The van der Waals surface area contributed by atoms with Crippen LogP contribution >= 0.6 is 0 Å². The van der Waals surface area contributed by atoms with Crippen LogP contribution < -0.4 is 10.1 Å². The van der Waals surface area contributed by atoms with Crippen molar-refractivity contribution in [3.8, 4) is 5.75 Å². The van der Waals surface area contributed by atoms with Crippen molar-refractivity contribution in [3.63, 3.8) is 0 Å². The second-order valence-corrected chi connectivity index (χ2v) is 10.4. The fraction of sp³-hybridized carbons (Fsp3) is 0.444. The smallest absolute Gasteiger partial charge is 0.235 e. The van der Waals surface area contributed by atoms with Crippen molar-refractivity contribution in [2.75, 3.05) is 18.5 Å². The molecule has 1 aliphatic carbocycles. The van der Waals surface area contributed by atoms with E-state index in [9.17, 15) is 9.90 Å². The molecule has 0 radical (unpaired) electrons. The number of amides is 1. The minimum atomic E-state index is -0.619. The Morgan fingerprint density at radius 3 is 2.70 bits per heavy atom. The molecule has 5 rings (SSSR count). The average Bonchev–Trinajstić information content (AvgIpc) is 3.31. The third kappa shape index (κ3) is 3.80. The molecular weight excluding hydrogens is 419 g/mol. The molecule has 1 aliphatic heterocycles. The molecular formula is C27H31FN2O3. The number of aliphatic hydroxyl groups is 1. The molecule has 3 aromatic rings. The molecule has 1 fully saturated rings. The van der Waals surface area contributed by atoms with E-state index >= 15 is 4.39 Å². The number of hydrogen-bond acceptors (Lipinski definition) is 3. The molecule has 0 saturated heterocycles. The van der Waals surface area contributed by atoms with Gasteiger partial charge in [0, 0.05) is 42.1 Å². The minimum Gasteiger partial charge on any atom is -0.493 e. The van der Waals surface area contributed by atoms with Gasteiger partial charge in [-0.2, -0.15) is 0 Å². The topological polar surface area (TPSA) is 63.5 Å². The molecule has 33 heavy (non-hydrogen) atoms. The van der Waals surface area contributed by atoms with Crippen LogP contribution in [0.25, 0.3) is 10.9 Å². The number of ether oxygens (including phenoxy) is 1. The van der Waals surface area contributed by atoms with E-state index in [1.807, 2.05) is 18.2 Å². The maximum atomic E-state index is 15.2. The Kier molecular flexibility index (Phi) is 5.24. The van der Waals surface area contributed by atoms with Crippen LogP contribution in [0.5, 0.6) is 5.75 Å². The van der Waals surface area contributed by atoms with Crippen molar-refractivity contribution < 1.29 is 19.0 Å². The predicted octanol–water partition coefficient (Wildman–Crippen LogP) is 5.07. The highest BCUT2D eigenvalue weighted by Crippen LogP contribution is 2.50. The van der Waals surface area contributed by atoms with Gasteiger partial charge in [-0.05, 0) is 48.6 Å². The van der Waals surface area contributed by atoms with E-state index in [1.165, 1.54) is 11.6 Å². The summed E-state index contributed by atoms with van der Waals surface area (Å²) in [6, 6.07) is 11.3. The van der Waals surface area contributed by atoms with E-state index in [0.29, 0.717) is 19.6 Å². The highest BCUT2D eigenvalue weighted by atomic mass is 19.1. The number of nitrogens with one attached hydrogen (secondary N) is 1. The van der Waals surface area contributed by atoms with Crippen LogP contribution in [0, 0.1) is 5.82 Å². The summed E-state index contributed by atoms with van der Waals surface area (Å²) >= 11 is 0. The summed E-state index contributed by atoms with van der Waals surface area (Å²) in [6.07, 6.45) is 2.98. The van der Waals surface area contributed by atoms with Gasteiger partial charge < -0.3 is 19.7 Å². The van der Waals surface area contributed by atoms with Gasteiger partial charge in [0.25, 0.3) is 0 Å². The first-order valence-corrected chi connectivity index (χ1v) is 11.7. The van der Waals surface area contributed by atoms with Crippen LogP contribution in [0.4, 0.5) is 10.1 Å². The number of nitrogens with zero attached hydrogens (tertiary/aromatic N) is 1. The third-order valence-corrected chi connectivity index (χ3v) is 6.98. The maximum Gasteiger partial charge on any atom is 0.235 e. The van der Waals surface area contributed by atoms with Gasteiger partial charge in [0.1, 0.15) is 11.6 Å². The van der Waals surface area contributed by atoms with Crippen LogP contribution in [0.2, 0.25) is 0 Å². The van der Waals surface area contributed by atoms with Crippen molar-refractivity contribution in [1.82, 2.24) is 4.57 Å². The first-order chi connectivity index (χ1) is 15.7. The molecule has 1 amide bonds. The highest BCUT2D eigenvalue weighted by molar-refractivity contribution is 6.02. The number of benzene rings is 2. The molecule has 0 atom stereocenters. The molecule has 1 aromatic heterocycles. The third-order valence-electron chi connectivity index (χ3n) is 6.98. The summed E-state index contributed by atoms with van der Waals surface area (Å²) in [6.45, 7) is 7.72. The van der Waals surface area contributed by atoms with Gasteiger partial charge in [-0.25, -0.2) is 4.39 Å². The van der Waals surface area contributed by atoms with Crippen LogP contribution in [0.15, 0.2) is 36.4 Å². The summed E-state index contributed by atoms with van der Waals surface area (Å²) in [7, 11) is 0. The van der Waals surface area contributed by atoms with E-state index < -0.39 is 11.2 Å². The number of halogens is 1. The summed E-state index contributed by atoms with van der Waals surface area (Å²) in [5.41, 5.74) is 3.41. The minimum absolute atomic E-state index is 0.0791. The lowest BCUT2D eigenvalue weighted by Gasteiger charge is -2.22. The molecule has 5 nitrogen and oxygen atoms in total. The van der Waals surface area contributed by atoms with Gasteiger partial charge in [-0.15, -0.1) is 0 Å². The van der Waals surface area contributed by atoms with Crippen LogP contribution in [0.3, 0.4) is 0 Å². The van der Waals surface area contributed by atoms with E-state index in [4.69, 9.17) is 4.74 Å². The number of aryl methyl sites for hydroxylation is 1. The van der Waals surface area contributed by atoms with E-state index in [-0.39, 0.29) is 23.6 Å². The van der Waals surface area contributed by atoms with Gasteiger partial charge >= 0.3 is 0 Å². The molecule has 2 aromatic carbocycles. The largest absolute Gasteiger partial charge is 0.493 e. The van der Waals surface area contributed by atoms with Crippen LogP contribution in [0.1, 0.15) is 56.9 Å². The molecule has 6 heteroatoms. The summed E-state index contributed by atoms with van der Waals surface area (Å²) in [5.74, 6) is 0.236. The Morgan fingerprint density at radius 2 is 2.00 bits per heavy atom. The van der Waals surface area contributed by atoms with Gasteiger partial charge in [-0.1, -0.05) is 32.9 Å². The molecule has 0 spiro atoms. The van der Waals surface area contributed by atoms with Crippen molar-refractivity contribution >= 4 is 22.5 Å². The molecule has 2 aliphatic rings. The second-order valence-electron chi connectivity index (χ2n) is 10.4. The predicted molar refractivity (Wildman–Crippen MR) is 127 cm³/mol. The molecule has 0 unspecified atom stereocenters. The van der Waals surface area contributed by atoms with E-state index in [2.05, 4.69) is 36.7 Å². The molecule has 174 valence electrons. The van der Waals surface area contributed by atoms with Crippen LogP contribution in [-0.2, 0) is 28.6 Å². The molecule has 1 saturated carbocycles. The Labute approximate surface area is 193 Å². The second kappa shape index (κ2) is 7.87. The Hall–Kier alpha value is -2.86. The summed E-state index contributed by atoms with van der Waals surface area (Å²) in [5, 5.41) is 13.1. The monoisotopic (exact) mass is 450 g/mol. The van der Waals surface area contributed by atoms with Gasteiger partial charge in [-0.3, -0.25) is 4.79 Å². The normalized spacial score (nSPS) is 16.5. The zero-order valence-electron chi connectivity index (χ0n) is 19.5. The number of carbonyl (C=O) groups is 1. The number of anilines is 1. The number of rotatable bonds is 6. The van der Waals surface area contributed by atoms with Crippen molar-refractivity contribution in [3.05, 3.63) is 59.0 Å². The van der Waals surface area contributed by atoms with Crippen molar-refractivity contribution in [1.29, 1.82) is 0 Å². The Balaban J connectivity index is 1.46. The highest BCUT2D eigenvalue weighted by Gasteiger charge is 2.51. The number of carbonyl (C=O) groups excluding carboxylic acids is 1.